The van der Waals surface area contributed by atoms with Gasteiger partial charge >= 0.3 is 0 Å². The summed E-state index contributed by atoms with van der Waals surface area (Å²) >= 11 is 0. The summed E-state index contributed by atoms with van der Waals surface area (Å²) < 4.78 is 4.49. The zero-order chi connectivity index (χ0) is 11.8. The van der Waals surface area contributed by atoms with Gasteiger partial charge in [-0.05, 0) is 22.1 Å². The van der Waals surface area contributed by atoms with Gasteiger partial charge in [0.15, 0.2) is 0 Å². The topological polar surface area (TPSA) is 94.0 Å². The number of aromatic nitrogens is 2. The Morgan fingerprint density at radius 2 is 2.25 bits per heavy atom. The zero-order valence-electron chi connectivity index (χ0n) is 9.49. The number of carbonyl (C=O) groups is 1. The number of anilines is 2. The highest BCUT2D eigenvalue weighted by Gasteiger charge is 2.33. The maximum absolute atomic E-state index is 11.6. The van der Waals surface area contributed by atoms with Gasteiger partial charge in [0.2, 0.25) is 11.6 Å². The van der Waals surface area contributed by atoms with E-state index >= 15 is 0 Å². The van der Waals surface area contributed by atoms with Crippen molar-refractivity contribution in [2.75, 3.05) is 11.1 Å². The third-order valence-corrected chi connectivity index (χ3v) is 2.80. The van der Waals surface area contributed by atoms with Gasteiger partial charge < -0.3 is 11.1 Å². The second-order valence-electron chi connectivity index (χ2n) is 5.13. The minimum absolute atomic E-state index is 0.0267. The van der Waals surface area contributed by atoms with Crippen molar-refractivity contribution in [2.24, 2.45) is 5.41 Å². The molecule has 1 fully saturated rings. The minimum atomic E-state index is 0.0267. The lowest BCUT2D eigenvalue weighted by Crippen LogP contribution is -2.36. The fourth-order valence-electron chi connectivity index (χ4n) is 2.28. The van der Waals surface area contributed by atoms with Crippen molar-refractivity contribution in [3.05, 3.63) is 0 Å². The van der Waals surface area contributed by atoms with Gasteiger partial charge in [0, 0.05) is 18.9 Å². The molecule has 1 aliphatic rings. The van der Waals surface area contributed by atoms with Gasteiger partial charge in [-0.1, -0.05) is 13.8 Å². The van der Waals surface area contributed by atoms with E-state index in [2.05, 4.69) is 34.1 Å². The number of carbonyl (C=O) groups excluding carboxylic acids is 1. The molecule has 1 aliphatic carbocycles. The molecule has 3 N–H and O–H groups in total. The van der Waals surface area contributed by atoms with Gasteiger partial charge in [0.25, 0.3) is 0 Å². The zero-order valence-corrected chi connectivity index (χ0v) is 9.49. The van der Waals surface area contributed by atoms with E-state index in [1.807, 2.05) is 0 Å². The summed E-state index contributed by atoms with van der Waals surface area (Å²) in [6.45, 7) is 4.17. The first-order chi connectivity index (χ1) is 7.46. The Kier molecular flexibility index (Phi) is 2.57. The van der Waals surface area contributed by atoms with Crippen LogP contribution >= 0.6 is 0 Å². The molecular formula is C10H16N4O2. The summed E-state index contributed by atoms with van der Waals surface area (Å²) in [5.74, 6) is 0.926. The van der Waals surface area contributed by atoms with Crippen LogP contribution in [-0.2, 0) is 4.79 Å². The first kappa shape index (κ1) is 10.9. The highest BCUT2D eigenvalue weighted by atomic mass is 16.6. The van der Waals surface area contributed by atoms with Crippen LogP contribution in [-0.4, -0.2) is 22.1 Å². The second kappa shape index (κ2) is 3.77. The smallest absolute Gasteiger partial charge is 0.215 e. The number of hydrogen-bond acceptors (Lipinski definition) is 6. The van der Waals surface area contributed by atoms with Crippen molar-refractivity contribution < 1.29 is 9.42 Å². The van der Waals surface area contributed by atoms with E-state index in [1.54, 1.807) is 0 Å². The summed E-state index contributed by atoms with van der Waals surface area (Å²) in [6, 6.07) is 0.0606. The quantitative estimate of drug-likeness (QED) is 0.784. The summed E-state index contributed by atoms with van der Waals surface area (Å²) in [5, 5.41) is 10.2. The Labute approximate surface area is 93.5 Å². The molecule has 1 aromatic rings. The van der Waals surface area contributed by atoms with E-state index in [4.69, 9.17) is 5.73 Å². The standard InChI is InChI=1S/C10H16N4O2/c1-10(2)4-6(3-7(15)5-10)12-9-8(11)13-16-14-9/h6H,3-5H2,1-2H3,(H2,11,13)(H,12,14). The van der Waals surface area contributed by atoms with Crippen molar-refractivity contribution in [1.82, 2.24) is 10.3 Å². The molecule has 0 amide bonds. The SMILES string of the molecule is CC1(C)CC(=O)CC(Nc2nonc2N)C1. The maximum atomic E-state index is 11.6. The molecule has 1 unspecified atom stereocenters. The van der Waals surface area contributed by atoms with Crippen molar-refractivity contribution in [2.45, 2.75) is 39.2 Å². The molecular weight excluding hydrogens is 208 g/mol. The van der Waals surface area contributed by atoms with Crippen LogP contribution in [0.2, 0.25) is 0 Å². The molecule has 0 radical (unpaired) electrons. The number of nitrogens with one attached hydrogen (secondary N) is 1. The highest BCUT2D eigenvalue weighted by Crippen LogP contribution is 2.34. The molecule has 2 rings (SSSR count). The number of nitrogens with zero attached hydrogens (tertiary/aromatic N) is 2. The fourth-order valence-corrected chi connectivity index (χ4v) is 2.28. The summed E-state index contributed by atoms with van der Waals surface area (Å²) in [5.41, 5.74) is 5.57. The van der Waals surface area contributed by atoms with E-state index in [-0.39, 0.29) is 23.1 Å². The number of nitrogen functional groups attached to an aromatic ring is 1. The second-order valence-corrected chi connectivity index (χ2v) is 5.13. The normalized spacial score (nSPS) is 24.4. The van der Waals surface area contributed by atoms with E-state index in [0.717, 1.165) is 6.42 Å². The van der Waals surface area contributed by atoms with Crippen LogP contribution in [0.25, 0.3) is 0 Å². The summed E-state index contributed by atoms with van der Waals surface area (Å²) in [6.07, 6.45) is 2.05. The van der Waals surface area contributed by atoms with Crippen LogP contribution < -0.4 is 11.1 Å². The van der Waals surface area contributed by atoms with Crippen LogP contribution in [0.5, 0.6) is 0 Å². The Morgan fingerprint density at radius 1 is 1.50 bits per heavy atom. The van der Waals surface area contributed by atoms with E-state index in [1.165, 1.54) is 0 Å². The molecule has 1 aromatic heterocycles. The Bertz CT molecular complexity index is 399. The fraction of sp³-hybridized carbons (Fsp3) is 0.700. The number of nitrogens with two attached hydrogens (primary N) is 1. The first-order valence-corrected chi connectivity index (χ1v) is 5.32. The Balaban J connectivity index is 2.05. The van der Waals surface area contributed by atoms with Crippen molar-refractivity contribution >= 4 is 17.4 Å². The van der Waals surface area contributed by atoms with Crippen molar-refractivity contribution in [3.8, 4) is 0 Å². The molecule has 0 spiro atoms. The first-order valence-electron chi connectivity index (χ1n) is 5.32. The van der Waals surface area contributed by atoms with Crippen LogP contribution in [0.1, 0.15) is 33.1 Å². The molecule has 6 heteroatoms. The largest absolute Gasteiger partial charge is 0.378 e. The molecule has 0 aliphatic heterocycles. The number of ketones is 1. The molecule has 16 heavy (non-hydrogen) atoms. The predicted molar refractivity (Wildman–Crippen MR) is 58.8 cm³/mol. The van der Waals surface area contributed by atoms with E-state index in [9.17, 15) is 4.79 Å². The number of Topliss-reactive ketones (excluding diaryl/α,β-unsaturated/α-hetero) is 1. The predicted octanol–water partition coefficient (Wildman–Crippen LogP) is 1.21. The monoisotopic (exact) mass is 224 g/mol. The van der Waals surface area contributed by atoms with Crippen molar-refractivity contribution in [1.29, 1.82) is 0 Å². The average Bonchev–Trinajstić information content (AvgIpc) is 2.48. The molecule has 1 heterocycles. The maximum Gasteiger partial charge on any atom is 0.215 e. The minimum Gasteiger partial charge on any atom is -0.378 e. The molecule has 0 saturated heterocycles. The van der Waals surface area contributed by atoms with Crippen molar-refractivity contribution in [3.63, 3.8) is 0 Å². The lowest BCUT2D eigenvalue weighted by Gasteiger charge is -2.34. The lowest BCUT2D eigenvalue weighted by molar-refractivity contribution is -0.123. The van der Waals surface area contributed by atoms with Gasteiger partial charge in [-0.15, -0.1) is 0 Å². The molecule has 6 nitrogen and oxygen atoms in total. The lowest BCUT2D eigenvalue weighted by atomic mass is 9.74. The number of rotatable bonds is 2. The number of hydrogen-bond donors (Lipinski definition) is 2. The Morgan fingerprint density at radius 3 is 2.81 bits per heavy atom. The third kappa shape index (κ3) is 2.32. The van der Waals surface area contributed by atoms with Gasteiger partial charge in [0.05, 0.1) is 0 Å². The molecule has 88 valence electrons. The molecule has 0 bridgehead atoms. The Hall–Kier alpha value is -1.59. The summed E-state index contributed by atoms with van der Waals surface area (Å²) in [7, 11) is 0. The highest BCUT2D eigenvalue weighted by molar-refractivity contribution is 5.81. The van der Waals surface area contributed by atoms with E-state index < -0.39 is 0 Å². The van der Waals surface area contributed by atoms with Gasteiger partial charge in [-0.3, -0.25) is 4.79 Å². The van der Waals surface area contributed by atoms with Crippen LogP contribution in [0, 0.1) is 5.41 Å². The van der Waals surface area contributed by atoms with Gasteiger partial charge in [-0.25, -0.2) is 4.63 Å². The van der Waals surface area contributed by atoms with Gasteiger partial charge in [0.1, 0.15) is 5.78 Å². The van der Waals surface area contributed by atoms with Crippen LogP contribution in [0.3, 0.4) is 0 Å². The molecule has 1 saturated carbocycles. The van der Waals surface area contributed by atoms with E-state index in [0.29, 0.717) is 18.7 Å². The average molecular weight is 224 g/mol. The molecule has 0 aromatic carbocycles. The van der Waals surface area contributed by atoms with Crippen LogP contribution in [0.15, 0.2) is 4.63 Å². The summed E-state index contributed by atoms with van der Waals surface area (Å²) in [4.78, 5) is 11.6. The van der Waals surface area contributed by atoms with Gasteiger partial charge in [-0.2, -0.15) is 0 Å². The van der Waals surface area contributed by atoms with Crippen LogP contribution in [0.4, 0.5) is 11.6 Å². The third-order valence-electron chi connectivity index (χ3n) is 2.80. The molecule has 1 atom stereocenters.